The molecule has 1 aromatic rings. The molecular weight excluding hydrogens is 204 g/mol. The average Bonchev–Trinajstić information content (AvgIpc) is 2.90. The molecule has 0 spiro atoms. The number of nitrogens with zero attached hydrogens (tertiary/aromatic N) is 2. The van der Waals surface area contributed by atoms with Crippen LogP contribution in [-0.4, -0.2) is 28.9 Å². The molecule has 90 valence electrons. The van der Waals surface area contributed by atoms with E-state index in [2.05, 4.69) is 9.55 Å². The molecule has 16 heavy (non-hydrogen) atoms. The molecule has 1 fully saturated rings. The summed E-state index contributed by atoms with van der Waals surface area (Å²) in [6.07, 6.45) is 6.58. The van der Waals surface area contributed by atoms with Crippen LogP contribution in [0.15, 0.2) is 12.4 Å². The minimum Gasteiger partial charge on any atom is -0.376 e. The SMILES string of the molecule is CCO[C@H](C)c1nccn1C[C@H]1CCCO1. The molecule has 0 saturated carbocycles. The van der Waals surface area contributed by atoms with E-state index >= 15 is 0 Å². The Bertz CT molecular complexity index is 319. The van der Waals surface area contributed by atoms with E-state index in [4.69, 9.17) is 9.47 Å². The molecule has 2 atom stereocenters. The van der Waals surface area contributed by atoms with Gasteiger partial charge in [-0.05, 0) is 26.7 Å². The van der Waals surface area contributed by atoms with Crippen molar-refractivity contribution in [3.8, 4) is 0 Å². The van der Waals surface area contributed by atoms with Crippen LogP contribution in [0.3, 0.4) is 0 Å². The fourth-order valence-corrected chi connectivity index (χ4v) is 2.17. The highest BCUT2D eigenvalue weighted by Crippen LogP contribution is 2.19. The molecule has 0 unspecified atom stereocenters. The monoisotopic (exact) mass is 224 g/mol. The quantitative estimate of drug-likeness (QED) is 0.769. The summed E-state index contributed by atoms with van der Waals surface area (Å²) < 4.78 is 13.3. The fraction of sp³-hybridized carbons (Fsp3) is 0.750. The van der Waals surface area contributed by atoms with Gasteiger partial charge < -0.3 is 14.0 Å². The van der Waals surface area contributed by atoms with Gasteiger partial charge in [-0.3, -0.25) is 0 Å². The van der Waals surface area contributed by atoms with E-state index < -0.39 is 0 Å². The Morgan fingerprint density at radius 3 is 3.25 bits per heavy atom. The van der Waals surface area contributed by atoms with Crippen molar-refractivity contribution in [2.75, 3.05) is 13.2 Å². The lowest BCUT2D eigenvalue weighted by molar-refractivity contribution is 0.0609. The Kier molecular flexibility index (Phi) is 3.96. The summed E-state index contributed by atoms with van der Waals surface area (Å²) in [5.41, 5.74) is 0. The fourth-order valence-electron chi connectivity index (χ4n) is 2.17. The molecule has 0 N–H and O–H groups in total. The van der Waals surface area contributed by atoms with Crippen LogP contribution in [0.5, 0.6) is 0 Å². The van der Waals surface area contributed by atoms with Crippen LogP contribution in [0.2, 0.25) is 0 Å². The summed E-state index contributed by atoms with van der Waals surface area (Å²) in [5, 5.41) is 0. The topological polar surface area (TPSA) is 36.3 Å². The maximum Gasteiger partial charge on any atom is 0.137 e. The number of ether oxygens (including phenoxy) is 2. The van der Waals surface area contributed by atoms with Crippen molar-refractivity contribution in [3.63, 3.8) is 0 Å². The summed E-state index contributed by atoms with van der Waals surface area (Å²) in [7, 11) is 0. The highest BCUT2D eigenvalue weighted by atomic mass is 16.5. The third-order valence-electron chi connectivity index (χ3n) is 2.95. The van der Waals surface area contributed by atoms with Gasteiger partial charge in [-0.15, -0.1) is 0 Å². The Morgan fingerprint density at radius 1 is 1.69 bits per heavy atom. The van der Waals surface area contributed by atoms with Crippen LogP contribution >= 0.6 is 0 Å². The molecular formula is C12H20N2O2. The van der Waals surface area contributed by atoms with E-state index in [0.717, 1.165) is 25.4 Å². The normalized spacial score (nSPS) is 22.5. The molecule has 0 aromatic carbocycles. The number of hydrogen-bond acceptors (Lipinski definition) is 3. The first-order valence-electron chi connectivity index (χ1n) is 6.05. The van der Waals surface area contributed by atoms with E-state index in [1.807, 2.05) is 26.2 Å². The van der Waals surface area contributed by atoms with Crippen molar-refractivity contribution in [3.05, 3.63) is 18.2 Å². The second-order valence-corrected chi connectivity index (χ2v) is 4.17. The van der Waals surface area contributed by atoms with E-state index in [1.54, 1.807) is 0 Å². The van der Waals surface area contributed by atoms with Crippen LogP contribution < -0.4 is 0 Å². The molecule has 0 bridgehead atoms. The smallest absolute Gasteiger partial charge is 0.137 e. The van der Waals surface area contributed by atoms with Crippen LogP contribution in [0, 0.1) is 0 Å². The lowest BCUT2D eigenvalue weighted by Gasteiger charge is -2.16. The summed E-state index contributed by atoms with van der Waals surface area (Å²) in [5.74, 6) is 0.998. The van der Waals surface area contributed by atoms with Gasteiger partial charge in [0.25, 0.3) is 0 Å². The molecule has 0 aliphatic carbocycles. The van der Waals surface area contributed by atoms with E-state index in [0.29, 0.717) is 12.7 Å². The van der Waals surface area contributed by atoms with Gasteiger partial charge in [-0.2, -0.15) is 0 Å². The molecule has 1 aliphatic heterocycles. The van der Waals surface area contributed by atoms with Crippen LogP contribution in [0.4, 0.5) is 0 Å². The number of rotatable bonds is 5. The zero-order valence-corrected chi connectivity index (χ0v) is 10.1. The lowest BCUT2D eigenvalue weighted by Crippen LogP contribution is -2.18. The third-order valence-corrected chi connectivity index (χ3v) is 2.95. The summed E-state index contributed by atoms with van der Waals surface area (Å²) >= 11 is 0. The first-order chi connectivity index (χ1) is 7.81. The molecule has 4 nitrogen and oxygen atoms in total. The predicted molar refractivity (Wildman–Crippen MR) is 61.2 cm³/mol. The maximum absolute atomic E-state index is 5.63. The van der Waals surface area contributed by atoms with Gasteiger partial charge in [-0.1, -0.05) is 0 Å². The molecule has 1 aromatic heterocycles. The lowest BCUT2D eigenvalue weighted by atomic mass is 10.2. The van der Waals surface area contributed by atoms with Crippen molar-refractivity contribution in [1.82, 2.24) is 9.55 Å². The van der Waals surface area contributed by atoms with Crippen molar-refractivity contribution in [1.29, 1.82) is 0 Å². The Morgan fingerprint density at radius 2 is 2.56 bits per heavy atom. The number of hydrogen-bond donors (Lipinski definition) is 0. The van der Waals surface area contributed by atoms with Gasteiger partial charge in [0.1, 0.15) is 11.9 Å². The molecule has 0 amide bonds. The third kappa shape index (κ3) is 2.62. The minimum atomic E-state index is 0.0569. The van der Waals surface area contributed by atoms with E-state index in [1.165, 1.54) is 6.42 Å². The van der Waals surface area contributed by atoms with Crippen molar-refractivity contribution in [2.24, 2.45) is 0 Å². The number of aromatic nitrogens is 2. The zero-order valence-electron chi connectivity index (χ0n) is 10.1. The second-order valence-electron chi connectivity index (χ2n) is 4.17. The summed E-state index contributed by atoms with van der Waals surface area (Å²) in [4.78, 5) is 4.36. The van der Waals surface area contributed by atoms with Crippen LogP contribution in [-0.2, 0) is 16.0 Å². The minimum absolute atomic E-state index is 0.0569. The Hall–Kier alpha value is -0.870. The number of imidazole rings is 1. The highest BCUT2D eigenvalue weighted by Gasteiger charge is 2.19. The van der Waals surface area contributed by atoms with Gasteiger partial charge in [-0.25, -0.2) is 4.98 Å². The van der Waals surface area contributed by atoms with Gasteiger partial charge in [0.05, 0.1) is 12.6 Å². The van der Waals surface area contributed by atoms with Crippen molar-refractivity contribution in [2.45, 2.75) is 45.4 Å². The maximum atomic E-state index is 5.63. The predicted octanol–water partition coefficient (Wildman–Crippen LogP) is 2.16. The van der Waals surface area contributed by atoms with Crippen LogP contribution in [0.25, 0.3) is 0 Å². The van der Waals surface area contributed by atoms with E-state index in [-0.39, 0.29) is 6.10 Å². The van der Waals surface area contributed by atoms with Gasteiger partial charge in [0.2, 0.25) is 0 Å². The van der Waals surface area contributed by atoms with Gasteiger partial charge >= 0.3 is 0 Å². The molecule has 1 aliphatic rings. The molecule has 2 rings (SSSR count). The average molecular weight is 224 g/mol. The first-order valence-corrected chi connectivity index (χ1v) is 6.05. The molecule has 2 heterocycles. The summed E-state index contributed by atoms with van der Waals surface area (Å²) in [6, 6.07) is 0. The van der Waals surface area contributed by atoms with Gasteiger partial charge in [0, 0.05) is 25.6 Å². The summed E-state index contributed by atoms with van der Waals surface area (Å²) in [6.45, 7) is 6.55. The van der Waals surface area contributed by atoms with Crippen LogP contribution in [0.1, 0.15) is 38.6 Å². The van der Waals surface area contributed by atoms with Crippen molar-refractivity contribution >= 4 is 0 Å². The zero-order chi connectivity index (χ0) is 11.4. The molecule has 4 heteroatoms. The first kappa shape index (κ1) is 11.6. The largest absolute Gasteiger partial charge is 0.376 e. The molecule has 0 radical (unpaired) electrons. The Labute approximate surface area is 96.6 Å². The van der Waals surface area contributed by atoms with E-state index in [9.17, 15) is 0 Å². The molecule has 1 saturated heterocycles. The van der Waals surface area contributed by atoms with Crippen molar-refractivity contribution < 1.29 is 9.47 Å². The highest BCUT2D eigenvalue weighted by molar-refractivity contribution is 4.96. The standard InChI is InChI=1S/C12H20N2O2/c1-3-15-10(2)12-13-6-7-14(12)9-11-5-4-8-16-11/h6-7,10-11H,3-5,8-9H2,1-2H3/t10-,11-/m1/s1. The second kappa shape index (κ2) is 5.46. The Balaban J connectivity index is 2.00. The van der Waals surface area contributed by atoms with Gasteiger partial charge in [0.15, 0.2) is 0 Å².